The van der Waals surface area contributed by atoms with E-state index in [0.717, 1.165) is 43.1 Å². The van der Waals surface area contributed by atoms with E-state index in [2.05, 4.69) is 47.7 Å². The number of rotatable bonds is 3. The summed E-state index contributed by atoms with van der Waals surface area (Å²) in [7, 11) is -1.68. The molecule has 0 amide bonds. The van der Waals surface area contributed by atoms with E-state index in [9.17, 15) is 4.79 Å². The molecule has 0 radical (unpaired) electrons. The number of ketones is 1. The van der Waals surface area contributed by atoms with Crippen LogP contribution in [0.2, 0.25) is 18.1 Å². The lowest BCUT2D eigenvalue weighted by Gasteiger charge is -2.58. The van der Waals surface area contributed by atoms with Gasteiger partial charge in [0, 0.05) is 13.0 Å². The van der Waals surface area contributed by atoms with Crippen molar-refractivity contribution in [3.8, 4) is 0 Å². The summed E-state index contributed by atoms with van der Waals surface area (Å²) in [5.41, 5.74) is 2.26. The quantitative estimate of drug-likeness (QED) is 0.456. The first-order valence-corrected chi connectivity index (χ1v) is 15.2. The molecule has 4 aliphatic rings. The minimum atomic E-state index is -1.68. The van der Waals surface area contributed by atoms with E-state index >= 15 is 0 Å². The highest BCUT2D eigenvalue weighted by Gasteiger charge is 2.59. The molecule has 3 heteroatoms. The SMILES string of the molecule is CC(C)(C)[Si](C)(C)OCC1CC[C@H]2[C@@H]3CCC4=CC(=O)CC[C@]4(C)[C@@H]3CC[C@]12C. The Hall–Kier alpha value is -0.413. The fourth-order valence-electron chi connectivity index (χ4n) is 7.47. The summed E-state index contributed by atoms with van der Waals surface area (Å²) in [6, 6.07) is 0. The number of carbonyl (C=O) groups excluding carboxylic acids is 1. The van der Waals surface area contributed by atoms with Crippen LogP contribution in [0, 0.1) is 34.5 Å². The average molecular weight is 417 g/mol. The molecule has 0 aromatic rings. The molecule has 29 heavy (non-hydrogen) atoms. The molecular weight excluding hydrogens is 372 g/mol. The van der Waals surface area contributed by atoms with Crippen LogP contribution in [0.25, 0.3) is 0 Å². The molecule has 0 heterocycles. The Morgan fingerprint density at radius 2 is 1.76 bits per heavy atom. The Bertz CT molecular complexity index is 702. The van der Waals surface area contributed by atoms with Crippen LogP contribution in [0.4, 0.5) is 0 Å². The standard InChI is InChI=1S/C26H44O2Si/c1-24(2,3)29(6,7)28-17-19-9-11-22-21-10-8-18-16-20(27)12-14-25(18,4)23(21)13-15-26(19,22)5/h16,19,21-23H,8-15,17H2,1-7H3/t19?,21-,22-,23+,25-,26+/m0/s1. The highest BCUT2D eigenvalue weighted by atomic mass is 28.4. The first-order chi connectivity index (χ1) is 13.4. The van der Waals surface area contributed by atoms with Crippen molar-refractivity contribution in [1.29, 1.82) is 0 Å². The van der Waals surface area contributed by atoms with Crippen molar-refractivity contribution in [2.24, 2.45) is 34.5 Å². The zero-order valence-electron chi connectivity index (χ0n) is 20.1. The summed E-state index contributed by atoms with van der Waals surface area (Å²) in [6.07, 6.45) is 11.9. The van der Waals surface area contributed by atoms with Crippen molar-refractivity contribution in [3.05, 3.63) is 11.6 Å². The van der Waals surface area contributed by atoms with Gasteiger partial charge in [-0.3, -0.25) is 4.79 Å². The van der Waals surface area contributed by atoms with Crippen LogP contribution in [0.15, 0.2) is 11.6 Å². The molecule has 1 unspecified atom stereocenters. The van der Waals surface area contributed by atoms with Gasteiger partial charge in [0.05, 0.1) is 0 Å². The van der Waals surface area contributed by atoms with Gasteiger partial charge in [0.15, 0.2) is 14.1 Å². The number of carbonyl (C=O) groups is 1. The molecule has 164 valence electrons. The van der Waals surface area contributed by atoms with Gasteiger partial charge in [0.2, 0.25) is 0 Å². The van der Waals surface area contributed by atoms with Crippen LogP contribution >= 0.6 is 0 Å². The molecule has 0 saturated heterocycles. The second-order valence-corrected chi connectivity index (χ2v) is 17.7. The van der Waals surface area contributed by atoms with E-state index < -0.39 is 8.32 Å². The number of hydrogen-bond donors (Lipinski definition) is 0. The second kappa shape index (κ2) is 7.05. The van der Waals surface area contributed by atoms with Gasteiger partial charge in [-0.2, -0.15) is 0 Å². The van der Waals surface area contributed by atoms with Crippen molar-refractivity contribution in [2.45, 2.75) is 104 Å². The van der Waals surface area contributed by atoms with Crippen LogP contribution in [0.3, 0.4) is 0 Å². The van der Waals surface area contributed by atoms with Gasteiger partial charge in [-0.05, 0) is 104 Å². The molecule has 3 saturated carbocycles. The molecule has 0 N–H and O–H groups in total. The molecule has 6 atom stereocenters. The predicted molar refractivity (Wildman–Crippen MR) is 123 cm³/mol. The Kier molecular flexibility index (Phi) is 5.30. The highest BCUT2D eigenvalue weighted by Crippen LogP contribution is 2.66. The summed E-state index contributed by atoms with van der Waals surface area (Å²) < 4.78 is 6.74. The van der Waals surface area contributed by atoms with E-state index in [1.54, 1.807) is 0 Å². The summed E-state index contributed by atoms with van der Waals surface area (Å²) in [5.74, 6) is 3.64. The second-order valence-electron chi connectivity index (χ2n) is 12.9. The largest absolute Gasteiger partial charge is 0.417 e. The number of hydrogen-bond acceptors (Lipinski definition) is 2. The third-order valence-electron chi connectivity index (χ3n) is 10.6. The van der Waals surface area contributed by atoms with Gasteiger partial charge in [0.1, 0.15) is 0 Å². The average Bonchev–Trinajstić information content (AvgIpc) is 2.96. The summed E-state index contributed by atoms with van der Waals surface area (Å²) in [5, 5.41) is 0.294. The summed E-state index contributed by atoms with van der Waals surface area (Å²) >= 11 is 0. The van der Waals surface area contributed by atoms with Gasteiger partial charge in [-0.1, -0.05) is 40.2 Å². The van der Waals surface area contributed by atoms with Gasteiger partial charge in [-0.15, -0.1) is 0 Å². The lowest BCUT2D eigenvalue weighted by Crippen LogP contribution is -2.51. The molecule has 4 aliphatic carbocycles. The minimum Gasteiger partial charge on any atom is -0.417 e. The van der Waals surface area contributed by atoms with Crippen LogP contribution in [-0.4, -0.2) is 20.7 Å². The Balaban J connectivity index is 1.51. The summed E-state index contributed by atoms with van der Waals surface area (Å²) in [4.78, 5) is 12.0. The summed E-state index contributed by atoms with van der Waals surface area (Å²) in [6.45, 7) is 18.0. The predicted octanol–water partition coefficient (Wildman–Crippen LogP) is 7.16. The monoisotopic (exact) mass is 416 g/mol. The molecule has 0 spiro atoms. The van der Waals surface area contributed by atoms with Gasteiger partial charge in [0.25, 0.3) is 0 Å². The smallest absolute Gasteiger partial charge is 0.191 e. The zero-order valence-corrected chi connectivity index (χ0v) is 21.1. The van der Waals surface area contributed by atoms with E-state index in [-0.39, 0.29) is 0 Å². The molecule has 0 aromatic carbocycles. The molecule has 4 rings (SSSR count). The molecule has 2 nitrogen and oxygen atoms in total. The van der Waals surface area contributed by atoms with Gasteiger partial charge < -0.3 is 4.43 Å². The molecule has 0 aliphatic heterocycles. The van der Waals surface area contributed by atoms with Crippen molar-refractivity contribution in [2.75, 3.05) is 6.61 Å². The van der Waals surface area contributed by atoms with Crippen molar-refractivity contribution in [3.63, 3.8) is 0 Å². The first kappa shape index (κ1) is 21.8. The maximum atomic E-state index is 12.0. The molecular formula is C26H44O2Si. The highest BCUT2D eigenvalue weighted by molar-refractivity contribution is 6.74. The van der Waals surface area contributed by atoms with Crippen LogP contribution in [0.5, 0.6) is 0 Å². The molecule has 3 fully saturated rings. The minimum absolute atomic E-state index is 0.294. The Morgan fingerprint density at radius 1 is 1.03 bits per heavy atom. The maximum absolute atomic E-state index is 12.0. The lowest BCUT2D eigenvalue weighted by molar-refractivity contribution is -0.117. The van der Waals surface area contributed by atoms with Crippen molar-refractivity contribution >= 4 is 14.1 Å². The van der Waals surface area contributed by atoms with Crippen molar-refractivity contribution < 1.29 is 9.22 Å². The van der Waals surface area contributed by atoms with E-state index in [0.29, 0.717) is 21.7 Å². The third kappa shape index (κ3) is 3.43. The molecule has 0 bridgehead atoms. The van der Waals surface area contributed by atoms with Gasteiger partial charge in [-0.25, -0.2) is 0 Å². The molecule has 0 aromatic heterocycles. The fourth-order valence-corrected chi connectivity index (χ4v) is 8.52. The Labute approximate surface area is 180 Å². The number of allylic oxidation sites excluding steroid dienone is 1. The number of fused-ring (bicyclic) bond motifs is 5. The van der Waals surface area contributed by atoms with Crippen LogP contribution < -0.4 is 0 Å². The van der Waals surface area contributed by atoms with E-state index in [1.165, 1.54) is 44.1 Å². The Morgan fingerprint density at radius 3 is 2.45 bits per heavy atom. The first-order valence-electron chi connectivity index (χ1n) is 12.3. The van der Waals surface area contributed by atoms with Gasteiger partial charge >= 0.3 is 0 Å². The van der Waals surface area contributed by atoms with E-state index in [4.69, 9.17) is 4.43 Å². The maximum Gasteiger partial charge on any atom is 0.191 e. The van der Waals surface area contributed by atoms with Crippen LogP contribution in [0.1, 0.15) is 86.0 Å². The zero-order chi connectivity index (χ0) is 21.2. The normalized spacial score (nSPS) is 42.7. The van der Waals surface area contributed by atoms with Crippen LogP contribution in [-0.2, 0) is 9.22 Å². The lowest BCUT2D eigenvalue weighted by atomic mass is 9.47. The topological polar surface area (TPSA) is 26.3 Å². The van der Waals surface area contributed by atoms with Crippen molar-refractivity contribution in [1.82, 2.24) is 0 Å². The fraction of sp³-hybridized carbons (Fsp3) is 0.885. The van der Waals surface area contributed by atoms with E-state index in [1.807, 2.05) is 6.08 Å². The third-order valence-corrected chi connectivity index (χ3v) is 15.1.